The molecule has 0 aliphatic carbocycles. The normalized spacial score (nSPS) is 12.2. The van der Waals surface area contributed by atoms with Gasteiger partial charge in [-0.3, -0.25) is 0 Å². The van der Waals surface area contributed by atoms with Crippen molar-refractivity contribution in [1.82, 2.24) is 20.1 Å². The number of halogens is 1. The zero-order valence-corrected chi connectivity index (χ0v) is 12.2. The van der Waals surface area contributed by atoms with E-state index in [1.54, 1.807) is 6.07 Å². The minimum Gasteiger partial charge on any atom is -0.335 e. The predicted octanol–water partition coefficient (Wildman–Crippen LogP) is 2.57. The van der Waals surface area contributed by atoms with Crippen molar-refractivity contribution in [2.45, 2.75) is 26.8 Å². The summed E-state index contributed by atoms with van der Waals surface area (Å²) in [6, 6.07) is 4.07. The van der Waals surface area contributed by atoms with E-state index in [9.17, 15) is 9.18 Å². The number of anilines is 1. The highest BCUT2D eigenvalue weighted by atomic mass is 19.1. The fraction of sp³-hybridized carbons (Fsp3) is 0.357. The van der Waals surface area contributed by atoms with E-state index in [0.29, 0.717) is 11.6 Å². The van der Waals surface area contributed by atoms with Gasteiger partial charge in [0.15, 0.2) is 5.82 Å². The summed E-state index contributed by atoms with van der Waals surface area (Å²) < 4.78 is 15.3. The number of hydrogen-bond acceptors (Lipinski definition) is 3. The molecule has 0 spiro atoms. The molecule has 2 N–H and O–H groups in total. The molecule has 1 unspecified atom stereocenters. The summed E-state index contributed by atoms with van der Waals surface area (Å²) in [6.07, 6.45) is 2.73. The Morgan fingerprint density at radius 2 is 2.10 bits per heavy atom. The van der Waals surface area contributed by atoms with Gasteiger partial charge in [0.1, 0.15) is 18.3 Å². The van der Waals surface area contributed by atoms with Gasteiger partial charge >= 0.3 is 6.03 Å². The first kappa shape index (κ1) is 15.0. The second-order valence-corrected chi connectivity index (χ2v) is 5.14. The van der Waals surface area contributed by atoms with E-state index in [1.165, 1.54) is 29.5 Å². The maximum atomic E-state index is 14.0. The first-order valence-corrected chi connectivity index (χ1v) is 6.69. The minimum absolute atomic E-state index is 0.0317. The first-order valence-electron chi connectivity index (χ1n) is 6.69. The van der Waals surface area contributed by atoms with Crippen molar-refractivity contribution in [2.24, 2.45) is 5.92 Å². The van der Waals surface area contributed by atoms with E-state index in [1.807, 2.05) is 20.8 Å². The molecule has 0 aliphatic heterocycles. The van der Waals surface area contributed by atoms with Crippen molar-refractivity contribution >= 4 is 11.7 Å². The van der Waals surface area contributed by atoms with Crippen LogP contribution >= 0.6 is 0 Å². The number of carbonyl (C=O) groups excluding carboxylic acids is 1. The van der Waals surface area contributed by atoms with Gasteiger partial charge in [0.25, 0.3) is 0 Å². The number of nitrogens with one attached hydrogen (secondary N) is 2. The molecular formula is C14H18FN5O. The Bertz CT molecular complexity index is 612. The maximum absolute atomic E-state index is 14.0. The monoisotopic (exact) mass is 291 g/mol. The van der Waals surface area contributed by atoms with E-state index < -0.39 is 5.82 Å². The number of carbonyl (C=O) groups is 1. The Hall–Kier alpha value is -2.44. The Morgan fingerprint density at radius 3 is 2.67 bits per heavy atom. The quantitative estimate of drug-likeness (QED) is 0.909. The highest BCUT2D eigenvalue weighted by molar-refractivity contribution is 5.89. The third-order valence-electron chi connectivity index (χ3n) is 3.23. The molecule has 1 atom stereocenters. The van der Waals surface area contributed by atoms with Crippen molar-refractivity contribution in [3.05, 3.63) is 36.7 Å². The maximum Gasteiger partial charge on any atom is 0.319 e. The van der Waals surface area contributed by atoms with Gasteiger partial charge in [0, 0.05) is 11.7 Å². The van der Waals surface area contributed by atoms with Crippen LogP contribution in [0, 0.1) is 11.7 Å². The van der Waals surface area contributed by atoms with Crippen LogP contribution in [-0.2, 0) is 0 Å². The SMILES string of the molecule is CC(C)C(C)NC(=O)Nc1ccc(-n2cncn2)c(F)c1. The smallest absolute Gasteiger partial charge is 0.319 e. The number of benzene rings is 1. The van der Waals surface area contributed by atoms with Crippen LogP contribution in [0.4, 0.5) is 14.9 Å². The highest BCUT2D eigenvalue weighted by Gasteiger charge is 2.12. The summed E-state index contributed by atoms with van der Waals surface area (Å²) in [7, 11) is 0. The topological polar surface area (TPSA) is 71.8 Å². The molecule has 0 bridgehead atoms. The summed E-state index contributed by atoms with van der Waals surface area (Å²) >= 11 is 0. The van der Waals surface area contributed by atoms with Crippen LogP contribution in [0.3, 0.4) is 0 Å². The molecule has 0 radical (unpaired) electrons. The van der Waals surface area contributed by atoms with E-state index >= 15 is 0 Å². The summed E-state index contributed by atoms with van der Waals surface area (Å²) in [4.78, 5) is 15.5. The van der Waals surface area contributed by atoms with Gasteiger partial charge in [0.2, 0.25) is 0 Å². The largest absolute Gasteiger partial charge is 0.335 e. The number of amides is 2. The van der Waals surface area contributed by atoms with E-state index in [-0.39, 0.29) is 17.8 Å². The lowest BCUT2D eigenvalue weighted by Gasteiger charge is -2.18. The Kier molecular flexibility index (Phi) is 4.52. The van der Waals surface area contributed by atoms with Crippen molar-refractivity contribution in [1.29, 1.82) is 0 Å². The van der Waals surface area contributed by atoms with Gasteiger partial charge in [-0.05, 0) is 31.0 Å². The van der Waals surface area contributed by atoms with Crippen LogP contribution in [0.2, 0.25) is 0 Å². The summed E-state index contributed by atoms with van der Waals surface area (Å²) in [5, 5.41) is 9.26. The molecule has 112 valence electrons. The summed E-state index contributed by atoms with van der Waals surface area (Å²) in [5.74, 6) is -0.169. The number of hydrogen-bond donors (Lipinski definition) is 2. The van der Waals surface area contributed by atoms with E-state index in [2.05, 4.69) is 20.7 Å². The molecule has 1 aromatic heterocycles. The summed E-state index contributed by atoms with van der Waals surface area (Å²) in [5.41, 5.74) is 0.652. The van der Waals surface area contributed by atoms with Gasteiger partial charge < -0.3 is 10.6 Å². The fourth-order valence-corrected chi connectivity index (χ4v) is 1.64. The molecular weight excluding hydrogens is 273 g/mol. The average Bonchev–Trinajstić information content (AvgIpc) is 2.92. The van der Waals surface area contributed by atoms with Crippen LogP contribution in [0.15, 0.2) is 30.9 Å². The molecule has 7 heteroatoms. The van der Waals surface area contributed by atoms with Crippen molar-refractivity contribution in [3.8, 4) is 5.69 Å². The third-order valence-corrected chi connectivity index (χ3v) is 3.23. The first-order chi connectivity index (χ1) is 9.97. The second-order valence-electron chi connectivity index (χ2n) is 5.14. The molecule has 0 saturated heterocycles. The van der Waals surface area contributed by atoms with Crippen LogP contribution in [0.25, 0.3) is 5.69 Å². The molecule has 2 amide bonds. The molecule has 1 aromatic carbocycles. The average molecular weight is 291 g/mol. The lowest BCUT2D eigenvalue weighted by atomic mass is 10.1. The second kappa shape index (κ2) is 6.34. The minimum atomic E-state index is -0.491. The van der Waals surface area contributed by atoms with Gasteiger partial charge in [-0.15, -0.1) is 0 Å². The Balaban J connectivity index is 2.05. The Labute approximate surface area is 122 Å². The number of urea groups is 1. The molecule has 0 aliphatic rings. The van der Waals surface area contributed by atoms with Crippen LogP contribution in [0.1, 0.15) is 20.8 Å². The molecule has 6 nitrogen and oxygen atoms in total. The molecule has 2 aromatic rings. The molecule has 21 heavy (non-hydrogen) atoms. The number of aromatic nitrogens is 3. The van der Waals surface area contributed by atoms with Gasteiger partial charge in [0.05, 0.1) is 0 Å². The number of nitrogens with zero attached hydrogens (tertiary/aromatic N) is 3. The highest BCUT2D eigenvalue weighted by Crippen LogP contribution is 2.17. The Morgan fingerprint density at radius 1 is 1.33 bits per heavy atom. The van der Waals surface area contributed by atoms with E-state index in [0.717, 1.165) is 0 Å². The molecule has 1 heterocycles. The third kappa shape index (κ3) is 3.77. The van der Waals surface area contributed by atoms with Crippen molar-refractivity contribution in [2.75, 3.05) is 5.32 Å². The van der Waals surface area contributed by atoms with Gasteiger partial charge in [-0.2, -0.15) is 5.10 Å². The van der Waals surface area contributed by atoms with Gasteiger partial charge in [-0.25, -0.2) is 18.9 Å². The van der Waals surface area contributed by atoms with Gasteiger partial charge in [-0.1, -0.05) is 13.8 Å². The summed E-state index contributed by atoms with van der Waals surface area (Å²) in [6.45, 7) is 5.94. The van der Waals surface area contributed by atoms with Crippen molar-refractivity contribution in [3.63, 3.8) is 0 Å². The lowest BCUT2D eigenvalue weighted by molar-refractivity contribution is 0.246. The molecule has 2 rings (SSSR count). The lowest BCUT2D eigenvalue weighted by Crippen LogP contribution is -2.39. The molecule has 0 saturated carbocycles. The van der Waals surface area contributed by atoms with E-state index in [4.69, 9.17) is 0 Å². The van der Waals surface area contributed by atoms with Crippen LogP contribution in [-0.4, -0.2) is 26.8 Å². The standard InChI is InChI=1S/C14H18FN5O/c1-9(2)10(3)18-14(21)19-11-4-5-13(12(15)6-11)20-8-16-7-17-20/h4-10H,1-3H3,(H2,18,19,21). The van der Waals surface area contributed by atoms with Crippen molar-refractivity contribution < 1.29 is 9.18 Å². The van der Waals surface area contributed by atoms with Crippen LogP contribution in [0.5, 0.6) is 0 Å². The predicted molar refractivity (Wildman–Crippen MR) is 77.8 cm³/mol. The number of rotatable bonds is 4. The zero-order valence-electron chi connectivity index (χ0n) is 12.2. The molecule has 0 fully saturated rings. The van der Waals surface area contributed by atoms with Crippen LogP contribution < -0.4 is 10.6 Å². The fourth-order valence-electron chi connectivity index (χ4n) is 1.64. The zero-order chi connectivity index (χ0) is 15.4.